The summed E-state index contributed by atoms with van der Waals surface area (Å²) in [6, 6.07) is 8.92. The summed E-state index contributed by atoms with van der Waals surface area (Å²) in [5.41, 5.74) is 2.76. The predicted molar refractivity (Wildman–Crippen MR) is 92.1 cm³/mol. The van der Waals surface area contributed by atoms with Crippen LogP contribution in [0.25, 0.3) is 0 Å². The van der Waals surface area contributed by atoms with Crippen molar-refractivity contribution in [3.8, 4) is 0 Å². The average molecular weight is 437 g/mol. The molecule has 2 rings (SSSR count). The Bertz CT molecular complexity index is 847. The van der Waals surface area contributed by atoms with E-state index in [1.807, 2.05) is 32.0 Å². The Morgan fingerprint density at radius 2 is 1.72 bits per heavy atom. The largest absolute Gasteiger partial charge is 0.320 e. The number of hydrogen-bond donors (Lipinski definition) is 1. The number of aryl methyl sites for hydroxylation is 2. The van der Waals surface area contributed by atoms with Crippen LogP contribution in [0.1, 0.15) is 11.1 Å². The molecular formula is C17H22N3O3SY+. The molecule has 6 nitrogen and oxygen atoms in total. The van der Waals surface area contributed by atoms with Crippen LogP contribution in [0.4, 0.5) is 5.69 Å². The molecule has 0 saturated heterocycles. The second-order valence-corrected chi connectivity index (χ2v) is 7.97. The number of carbonyl (C=O) groups is 1. The maximum absolute atomic E-state index is 12.3. The minimum Gasteiger partial charge on any atom is -0.320 e. The number of rotatable bonds is 5. The summed E-state index contributed by atoms with van der Waals surface area (Å²) < 4.78 is 27.0. The van der Waals surface area contributed by atoms with Gasteiger partial charge in [-0.3, -0.25) is 4.79 Å². The molecule has 1 aromatic heterocycles. The van der Waals surface area contributed by atoms with Gasteiger partial charge in [-0.05, 0) is 31.0 Å². The van der Waals surface area contributed by atoms with Gasteiger partial charge in [-0.2, -0.15) is 4.57 Å². The molecule has 0 saturated carbocycles. The SMILES string of the molecule is Cc1cccc(C)c1NC(=O)C[n+]1cccc(S(=O)(=O)N(C)C)c1.[Y]. The molecular weight excluding hydrogens is 415 g/mol. The van der Waals surface area contributed by atoms with E-state index >= 15 is 0 Å². The zero-order chi connectivity index (χ0) is 17.9. The third-order valence-corrected chi connectivity index (χ3v) is 5.48. The van der Waals surface area contributed by atoms with Gasteiger partial charge < -0.3 is 5.32 Å². The van der Waals surface area contributed by atoms with Crippen LogP contribution in [-0.4, -0.2) is 32.7 Å². The smallest absolute Gasteiger partial charge is 0.290 e. The monoisotopic (exact) mass is 437 g/mol. The summed E-state index contributed by atoms with van der Waals surface area (Å²) in [7, 11) is -0.582. The first-order valence-electron chi connectivity index (χ1n) is 7.49. The quantitative estimate of drug-likeness (QED) is 0.721. The molecule has 8 heteroatoms. The average Bonchev–Trinajstić information content (AvgIpc) is 2.51. The van der Waals surface area contributed by atoms with Gasteiger partial charge in [-0.25, -0.2) is 12.7 Å². The van der Waals surface area contributed by atoms with Crippen molar-refractivity contribution in [3.63, 3.8) is 0 Å². The second kappa shape index (κ2) is 8.98. The van der Waals surface area contributed by atoms with Crippen LogP contribution in [-0.2, 0) is 54.1 Å². The van der Waals surface area contributed by atoms with E-state index < -0.39 is 10.0 Å². The molecule has 0 fully saturated rings. The van der Waals surface area contributed by atoms with Crippen molar-refractivity contribution in [2.75, 3.05) is 19.4 Å². The van der Waals surface area contributed by atoms with Gasteiger partial charge in [0.2, 0.25) is 16.6 Å². The van der Waals surface area contributed by atoms with E-state index in [-0.39, 0.29) is 50.1 Å². The summed E-state index contributed by atoms with van der Waals surface area (Å²) in [4.78, 5) is 12.4. The van der Waals surface area contributed by atoms with Crippen molar-refractivity contribution in [1.29, 1.82) is 0 Å². The molecule has 0 aliphatic heterocycles. The van der Waals surface area contributed by atoms with Crippen LogP contribution in [0.3, 0.4) is 0 Å². The molecule has 0 bridgehead atoms. The number of nitrogens with one attached hydrogen (secondary N) is 1. The molecule has 1 N–H and O–H groups in total. The minimum atomic E-state index is -3.53. The Labute approximate surface area is 174 Å². The zero-order valence-electron chi connectivity index (χ0n) is 14.9. The zero-order valence-corrected chi connectivity index (χ0v) is 18.5. The van der Waals surface area contributed by atoms with Crippen LogP contribution in [0.2, 0.25) is 0 Å². The van der Waals surface area contributed by atoms with E-state index in [0.29, 0.717) is 0 Å². The van der Waals surface area contributed by atoms with Crippen molar-refractivity contribution in [2.24, 2.45) is 0 Å². The Morgan fingerprint density at radius 1 is 1.12 bits per heavy atom. The topological polar surface area (TPSA) is 70.4 Å². The van der Waals surface area contributed by atoms with Crippen molar-refractivity contribution in [2.45, 2.75) is 25.3 Å². The number of hydrogen-bond acceptors (Lipinski definition) is 3. The number of pyridine rings is 1. The van der Waals surface area contributed by atoms with Crippen molar-refractivity contribution >= 4 is 21.6 Å². The Hall–Kier alpha value is -1.15. The first-order valence-corrected chi connectivity index (χ1v) is 8.93. The van der Waals surface area contributed by atoms with Gasteiger partial charge in [0.25, 0.3) is 5.91 Å². The molecule has 0 spiro atoms. The van der Waals surface area contributed by atoms with E-state index in [9.17, 15) is 13.2 Å². The molecule has 1 radical (unpaired) electrons. The number of para-hydroxylation sites is 1. The van der Waals surface area contributed by atoms with Gasteiger partial charge in [0.1, 0.15) is 4.90 Å². The minimum absolute atomic E-state index is 0. The van der Waals surface area contributed by atoms with Crippen LogP contribution in [0.5, 0.6) is 0 Å². The molecule has 1 heterocycles. The fourth-order valence-corrected chi connectivity index (χ4v) is 3.26. The van der Waals surface area contributed by atoms with E-state index in [2.05, 4.69) is 5.32 Å². The van der Waals surface area contributed by atoms with Crippen LogP contribution >= 0.6 is 0 Å². The van der Waals surface area contributed by atoms with Gasteiger partial charge >= 0.3 is 0 Å². The van der Waals surface area contributed by atoms with Gasteiger partial charge in [0.05, 0.1) is 0 Å². The number of anilines is 1. The predicted octanol–water partition coefficient (Wildman–Crippen LogP) is 1.48. The number of benzene rings is 1. The van der Waals surface area contributed by atoms with Gasteiger partial charge in [0, 0.05) is 58.6 Å². The molecule has 131 valence electrons. The fourth-order valence-electron chi connectivity index (χ4n) is 2.32. The van der Waals surface area contributed by atoms with Gasteiger partial charge in [0.15, 0.2) is 12.4 Å². The molecule has 1 amide bonds. The van der Waals surface area contributed by atoms with E-state index in [0.717, 1.165) is 21.1 Å². The standard InChI is InChI=1S/C17H21N3O3S.Y/c1-13-7-5-8-14(2)17(13)18-16(21)12-20-10-6-9-15(11-20)24(22,23)19(3)4;/h5-11H,12H2,1-4H3;/p+1. The van der Waals surface area contributed by atoms with E-state index in [1.165, 1.54) is 26.4 Å². The summed E-state index contributed by atoms with van der Waals surface area (Å²) >= 11 is 0. The Balaban J connectivity index is 0.00000312. The van der Waals surface area contributed by atoms with Gasteiger partial charge in [-0.1, -0.05) is 18.2 Å². The van der Waals surface area contributed by atoms with Crippen LogP contribution in [0, 0.1) is 13.8 Å². The van der Waals surface area contributed by atoms with Crippen molar-refractivity contribution in [1.82, 2.24) is 4.31 Å². The molecule has 25 heavy (non-hydrogen) atoms. The number of nitrogens with zero attached hydrogens (tertiary/aromatic N) is 2. The summed E-state index contributed by atoms with van der Waals surface area (Å²) in [5.74, 6) is -0.211. The molecule has 0 aliphatic rings. The number of aromatic nitrogens is 1. The summed E-state index contributed by atoms with van der Waals surface area (Å²) in [6.07, 6.45) is 3.12. The van der Waals surface area contributed by atoms with Crippen molar-refractivity contribution < 1.29 is 50.5 Å². The maximum Gasteiger partial charge on any atom is 0.290 e. The van der Waals surface area contributed by atoms with Crippen LogP contribution < -0.4 is 9.88 Å². The molecule has 0 unspecified atom stereocenters. The van der Waals surface area contributed by atoms with Gasteiger partial charge in [-0.15, -0.1) is 0 Å². The third kappa shape index (κ3) is 5.41. The molecule has 2 aromatic rings. The maximum atomic E-state index is 12.3. The Kier molecular flexibility index (Phi) is 7.87. The Morgan fingerprint density at radius 3 is 2.28 bits per heavy atom. The summed E-state index contributed by atoms with van der Waals surface area (Å²) in [5, 5.41) is 2.89. The number of carbonyl (C=O) groups excluding carboxylic acids is 1. The molecule has 1 aromatic carbocycles. The van der Waals surface area contributed by atoms with Crippen molar-refractivity contribution in [3.05, 3.63) is 53.9 Å². The normalized spacial score (nSPS) is 11.1. The molecule has 0 aliphatic carbocycles. The number of sulfonamides is 1. The first kappa shape index (κ1) is 21.9. The third-order valence-electron chi connectivity index (χ3n) is 3.68. The first-order chi connectivity index (χ1) is 11.2. The van der Waals surface area contributed by atoms with E-state index in [4.69, 9.17) is 0 Å². The second-order valence-electron chi connectivity index (χ2n) is 5.81. The van der Waals surface area contributed by atoms with E-state index in [1.54, 1.807) is 16.8 Å². The summed E-state index contributed by atoms with van der Waals surface area (Å²) in [6.45, 7) is 3.89. The number of amides is 1. The van der Waals surface area contributed by atoms with Crippen LogP contribution in [0.15, 0.2) is 47.6 Å². The fraction of sp³-hybridized carbons (Fsp3) is 0.294. The molecule has 0 atom stereocenters.